The van der Waals surface area contributed by atoms with Gasteiger partial charge in [0.15, 0.2) is 18.0 Å². The SMILES string of the molecule is C[C@@H](NC(=O)C[NH2+]C(c1ccccc1)c1ccccc1)c1ccc2c(c1)OCCO2. The molecule has 0 spiro atoms. The van der Waals surface area contributed by atoms with E-state index in [1.54, 1.807) is 0 Å². The first-order valence-electron chi connectivity index (χ1n) is 10.3. The lowest BCUT2D eigenvalue weighted by atomic mass is 9.99. The molecule has 30 heavy (non-hydrogen) atoms. The lowest BCUT2D eigenvalue weighted by molar-refractivity contribution is -0.676. The fourth-order valence-electron chi connectivity index (χ4n) is 3.72. The Morgan fingerprint density at radius 3 is 2.10 bits per heavy atom. The Balaban J connectivity index is 1.40. The molecule has 0 fully saturated rings. The summed E-state index contributed by atoms with van der Waals surface area (Å²) in [6, 6.07) is 26.3. The zero-order valence-corrected chi connectivity index (χ0v) is 17.1. The highest BCUT2D eigenvalue weighted by molar-refractivity contribution is 5.77. The van der Waals surface area contributed by atoms with Crippen LogP contribution in [0.25, 0.3) is 0 Å². The first-order chi connectivity index (χ1) is 14.7. The van der Waals surface area contributed by atoms with E-state index in [4.69, 9.17) is 9.47 Å². The van der Waals surface area contributed by atoms with E-state index in [1.807, 2.05) is 61.5 Å². The van der Waals surface area contributed by atoms with E-state index in [9.17, 15) is 4.79 Å². The largest absolute Gasteiger partial charge is 0.486 e. The van der Waals surface area contributed by atoms with Crippen molar-refractivity contribution in [1.82, 2.24) is 5.32 Å². The molecule has 1 aliphatic heterocycles. The summed E-state index contributed by atoms with van der Waals surface area (Å²) >= 11 is 0. The fraction of sp³-hybridized carbons (Fsp3) is 0.240. The van der Waals surface area contributed by atoms with Gasteiger partial charge in [-0.25, -0.2) is 0 Å². The summed E-state index contributed by atoms with van der Waals surface area (Å²) in [5.74, 6) is 1.49. The summed E-state index contributed by atoms with van der Waals surface area (Å²) in [7, 11) is 0. The molecule has 0 saturated heterocycles. The minimum atomic E-state index is -0.117. The van der Waals surface area contributed by atoms with Crippen LogP contribution in [-0.2, 0) is 4.79 Å². The van der Waals surface area contributed by atoms with Gasteiger partial charge in [-0.3, -0.25) is 4.79 Å². The van der Waals surface area contributed by atoms with Crippen molar-refractivity contribution in [3.05, 3.63) is 95.6 Å². The zero-order chi connectivity index (χ0) is 20.8. The van der Waals surface area contributed by atoms with Gasteiger partial charge in [0.1, 0.15) is 19.3 Å². The number of fused-ring (bicyclic) bond motifs is 1. The first kappa shape index (κ1) is 20.0. The van der Waals surface area contributed by atoms with Crippen molar-refractivity contribution >= 4 is 5.91 Å². The van der Waals surface area contributed by atoms with Crippen molar-refractivity contribution in [2.24, 2.45) is 0 Å². The fourth-order valence-corrected chi connectivity index (χ4v) is 3.72. The van der Waals surface area contributed by atoms with E-state index >= 15 is 0 Å². The number of carbonyl (C=O) groups is 1. The third-order valence-corrected chi connectivity index (χ3v) is 5.30. The Hall–Kier alpha value is -3.31. The molecule has 5 heteroatoms. The van der Waals surface area contributed by atoms with Gasteiger partial charge in [0.05, 0.1) is 6.04 Å². The standard InChI is InChI=1S/C25H26N2O3/c1-18(21-12-13-22-23(16-21)30-15-14-29-22)27-24(28)17-26-25(19-8-4-2-5-9-19)20-10-6-3-7-11-20/h2-13,16,18,25-26H,14-15,17H2,1H3,(H,27,28)/p+1/t18-/m1/s1. The lowest BCUT2D eigenvalue weighted by Gasteiger charge is -2.21. The highest BCUT2D eigenvalue weighted by Gasteiger charge is 2.20. The van der Waals surface area contributed by atoms with E-state index in [1.165, 1.54) is 11.1 Å². The minimum Gasteiger partial charge on any atom is -0.486 e. The third-order valence-electron chi connectivity index (χ3n) is 5.30. The number of amides is 1. The molecular weight excluding hydrogens is 376 g/mol. The van der Waals surface area contributed by atoms with Crippen LogP contribution in [0.1, 0.15) is 35.7 Å². The maximum atomic E-state index is 12.7. The highest BCUT2D eigenvalue weighted by Crippen LogP contribution is 2.32. The topological polar surface area (TPSA) is 64.2 Å². The van der Waals surface area contributed by atoms with Gasteiger partial charge in [-0.05, 0) is 24.6 Å². The van der Waals surface area contributed by atoms with Crippen LogP contribution in [0.15, 0.2) is 78.9 Å². The van der Waals surface area contributed by atoms with Gasteiger partial charge in [0.2, 0.25) is 0 Å². The van der Waals surface area contributed by atoms with Crippen LogP contribution < -0.4 is 20.1 Å². The van der Waals surface area contributed by atoms with Crippen molar-refractivity contribution in [3.8, 4) is 11.5 Å². The average Bonchev–Trinajstić information content (AvgIpc) is 2.80. The molecule has 1 atom stereocenters. The Morgan fingerprint density at radius 1 is 0.867 bits per heavy atom. The van der Waals surface area contributed by atoms with Gasteiger partial charge < -0.3 is 20.1 Å². The smallest absolute Gasteiger partial charge is 0.275 e. The molecule has 5 nitrogen and oxygen atoms in total. The Morgan fingerprint density at radius 2 is 1.47 bits per heavy atom. The van der Waals surface area contributed by atoms with Gasteiger partial charge in [-0.1, -0.05) is 66.7 Å². The Labute approximate surface area is 177 Å². The maximum absolute atomic E-state index is 12.7. The van der Waals surface area contributed by atoms with Crippen LogP contribution in [0.5, 0.6) is 11.5 Å². The van der Waals surface area contributed by atoms with Crippen molar-refractivity contribution in [2.45, 2.75) is 19.0 Å². The van der Waals surface area contributed by atoms with Gasteiger partial charge in [0, 0.05) is 11.1 Å². The third kappa shape index (κ3) is 4.81. The van der Waals surface area contributed by atoms with Gasteiger partial charge in [0.25, 0.3) is 5.91 Å². The van der Waals surface area contributed by atoms with E-state index in [0.29, 0.717) is 19.8 Å². The number of nitrogens with two attached hydrogens (primary N) is 1. The second kappa shape index (κ2) is 9.46. The van der Waals surface area contributed by atoms with E-state index in [0.717, 1.165) is 17.1 Å². The van der Waals surface area contributed by atoms with Gasteiger partial charge in [-0.2, -0.15) is 0 Å². The normalized spacial score (nSPS) is 13.7. The molecule has 0 bridgehead atoms. The number of benzene rings is 3. The zero-order valence-electron chi connectivity index (χ0n) is 17.1. The van der Waals surface area contributed by atoms with Gasteiger partial charge in [-0.15, -0.1) is 0 Å². The maximum Gasteiger partial charge on any atom is 0.275 e. The monoisotopic (exact) mass is 403 g/mol. The molecule has 0 aliphatic carbocycles. The number of hydrogen-bond donors (Lipinski definition) is 2. The molecule has 3 aromatic rings. The molecule has 0 unspecified atom stereocenters. The number of carbonyl (C=O) groups excluding carboxylic acids is 1. The van der Waals surface area contributed by atoms with Crippen LogP contribution in [0.2, 0.25) is 0 Å². The second-order valence-corrected chi connectivity index (χ2v) is 7.43. The van der Waals surface area contributed by atoms with E-state index in [-0.39, 0.29) is 18.0 Å². The second-order valence-electron chi connectivity index (χ2n) is 7.43. The summed E-state index contributed by atoms with van der Waals surface area (Å²) in [4.78, 5) is 12.7. The summed E-state index contributed by atoms with van der Waals surface area (Å²) < 4.78 is 11.2. The van der Waals surface area contributed by atoms with Crippen molar-refractivity contribution in [3.63, 3.8) is 0 Å². The Kier molecular flexibility index (Phi) is 6.30. The van der Waals surface area contributed by atoms with Crippen molar-refractivity contribution in [2.75, 3.05) is 19.8 Å². The molecule has 3 N–H and O–H groups in total. The quantitative estimate of drug-likeness (QED) is 0.638. The summed E-state index contributed by atoms with van der Waals surface area (Å²) in [5, 5.41) is 5.17. The molecule has 4 rings (SSSR count). The van der Waals surface area contributed by atoms with Crippen LogP contribution in [-0.4, -0.2) is 25.7 Å². The first-order valence-corrected chi connectivity index (χ1v) is 10.3. The van der Waals surface area contributed by atoms with Gasteiger partial charge >= 0.3 is 0 Å². The minimum absolute atomic E-state index is 0.00532. The number of nitrogens with one attached hydrogen (secondary N) is 1. The van der Waals surface area contributed by atoms with Crippen LogP contribution in [0.4, 0.5) is 0 Å². The Bertz CT molecular complexity index is 937. The number of rotatable bonds is 7. The molecule has 1 heterocycles. The summed E-state index contributed by atoms with van der Waals surface area (Å²) in [5.41, 5.74) is 3.35. The predicted octanol–water partition coefficient (Wildman–Crippen LogP) is 2.99. The molecule has 1 aliphatic rings. The average molecular weight is 404 g/mol. The van der Waals surface area contributed by atoms with Crippen molar-refractivity contribution in [1.29, 1.82) is 0 Å². The van der Waals surface area contributed by atoms with Crippen molar-refractivity contribution < 1.29 is 19.6 Å². The predicted molar refractivity (Wildman–Crippen MR) is 116 cm³/mol. The molecule has 1 amide bonds. The highest BCUT2D eigenvalue weighted by atomic mass is 16.6. The lowest BCUT2D eigenvalue weighted by Crippen LogP contribution is -2.87. The summed E-state index contributed by atoms with van der Waals surface area (Å²) in [6.07, 6.45) is 0. The number of quaternary nitrogens is 1. The molecule has 154 valence electrons. The number of hydrogen-bond acceptors (Lipinski definition) is 3. The molecule has 0 radical (unpaired) electrons. The number of ether oxygens (including phenoxy) is 2. The van der Waals surface area contributed by atoms with Crippen LogP contribution in [0.3, 0.4) is 0 Å². The summed E-state index contributed by atoms with van der Waals surface area (Å²) in [6.45, 7) is 3.43. The molecule has 0 saturated carbocycles. The molecule has 3 aromatic carbocycles. The van der Waals surface area contributed by atoms with Crippen LogP contribution >= 0.6 is 0 Å². The van der Waals surface area contributed by atoms with Crippen LogP contribution in [0, 0.1) is 0 Å². The molecule has 0 aromatic heterocycles. The molecular formula is C25H27N2O3+. The van der Waals surface area contributed by atoms with E-state index in [2.05, 4.69) is 34.9 Å². The van der Waals surface area contributed by atoms with E-state index < -0.39 is 0 Å².